The molecular formula is C54H96O6. The normalized spacial score (nSPS) is 12.4. The van der Waals surface area contributed by atoms with Gasteiger partial charge in [-0.25, -0.2) is 0 Å². The number of ether oxygens (including phenoxy) is 3. The molecule has 0 spiro atoms. The molecule has 6 nitrogen and oxygen atoms in total. The van der Waals surface area contributed by atoms with Gasteiger partial charge in [-0.2, -0.15) is 0 Å². The summed E-state index contributed by atoms with van der Waals surface area (Å²) >= 11 is 0. The fourth-order valence-corrected chi connectivity index (χ4v) is 7.22. The van der Waals surface area contributed by atoms with Crippen LogP contribution < -0.4 is 0 Å². The summed E-state index contributed by atoms with van der Waals surface area (Å²) in [5.74, 6) is -0.921. The van der Waals surface area contributed by atoms with Crippen LogP contribution in [-0.2, 0) is 28.6 Å². The Morgan fingerprint density at radius 1 is 0.350 bits per heavy atom. The van der Waals surface area contributed by atoms with Crippen LogP contribution in [0.2, 0.25) is 0 Å². The standard InChI is InChI=1S/C54H96O6/c1-4-7-10-13-16-18-20-22-23-24-25-26-27-28-29-30-31-33-34-36-38-41-44-47-53(56)59-50-51(49-58-52(55)46-43-40-15-12-9-6-3)60-54(57)48-45-42-39-37-35-32-21-19-17-14-11-8-5-2/h8,11,17,19,24-25,32,35,51H,4-7,9-10,12-16,18,20-23,26-31,33-34,36-50H2,1-3H3/b11-8-,19-17-,25-24-,35-32-. The predicted molar refractivity (Wildman–Crippen MR) is 256 cm³/mol. The zero-order valence-electron chi connectivity index (χ0n) is 39.7. The van der Waals surface area contributed by atoms with Crippen LogP contribution in [0.4, 0.5) is 0 Å². The second kappa shape index (κ2) is 49.0. The molecule has 1 atom stereocenters. The van der Waals surface area contributed by atoms with E-state index in [-0.39, 0.29) is 31.1 Å². The quantitative estimate of drug-likeness (QED) is 0.0263. The Hall–Kier alpha value is -2.63. The van der Waals surface area contributed by atoms with Crippen molar-refractivity contribution in [1.29, 1.82) is 0 Å². The van der Waals surface area contributed by atoms with E-state index in [0.29, 0.717) is 19.3 Å². The minimum atomic E-state index is -0.783. The first-order valence-electron chi connectivity index (χ1n) is 25.6. The monoisotopic (exact) mass is 841 g/mol. The van der Waals surface area contributed by atoms with E-state index in [4.69, 9.17) is 14.2 Å². The van der Waals surface area contributed by atoms with Gasteiger partial charge in [0, 0.05) is 19.3 Å². The van der Waals surface area contributed by atoms with Gasteiger partial charge in [-0.1, -0.05) is 211 Å². The number of rotatable bonds is 46. The molecule has 0 fully saturated rings. The van der Waals surface area contributed by atoms with Crippen molar-refractivity contribution in [3.8, 4) is 0 Å². The van der Waals surface area contributed by atoms with Crippen LogP contribution in [0.5, 0.6) is 0 Å². The molecule has 60 heavy (non-hydrogen) atoms. The van der Waals surface area contributed by atoms with E-state index in [1.54, 1.807) is 0 Å². The molecule has 0 aromatic carbocycles. The van der Waals surface area contributed by atoms with Crippen LogP contribution in [-0.4, -0.2) is 37.2 Å². The summed E-state index contributed by atoms with van der Waals surface area (Å²) in [6.45, 7) is 6.45. The first kappa shape index (κ1) is 57.4. The Morgan fingerprint density at radius 3 is 1.05 bits per heavy atom. The topological polar surface area (TPSA) is 78.9 Å². The van der Waals surface area contributed by atoms with Crippen molar-refractivity contribution >= 4 is 17.9 Å². The molecule has 1 unspecified atom stereocenters. The summed E-state index contributed by atoms with van der Waals surface area (Å²) in [6, 6.07) is 0. The minimum absolute atomic E-state index is 0.0843. The smallest absolute Gasteiger partial charge is 0.306 e. The van der Waals surface area contributed by atoms with Crippen molar-refractivity contribution in [3.05, 3.63) is 48.6 Å². The number of allylic oxidation sites excluding steroid dienone is 8. The number of unbranched alkanes of at least 4 members (excludes halogenated alkanes) is 27. The Bertz CT molecular complexity index is 1060. The van der Waals surface area contributed by atoms with Crippen molar-refractivity contribution in [3.63, 3.8) is 0 Å². The van der Waals surface area contributed by atoms with Gasteiger partial charge in [0.05, 0.1) is 0 Å². The second-order valence-electron chi connectivity index (χ2n) is 17.1. The summed E-state index contributed by atoms with van der Waals surface area (Å²) in [5.41, 5.74) is 0. The van der Waals surface area contributed by atoms with Gasteiger partial charge < -0.3 is 14.2 Å². The van der Waals surface area contributed by atoms with Crippen molar-refractivity contribution in [2.24, 2.45) is 0 Å². The van der Waals surface area contributed by atoms with E-state index in [2.05, 4.69) is 69.4 Å². The van der Waals surface area contributed by atoms with Gasteiger partial charge in [0.1, 0.15) is 13.2 Å². The zero-order chi connectivity index (χ0) is 43.7. The third kappa shape index (κ3) is 46.4. The lowest BCUT2D eigenvalue weighted by atomic mass is 10.0. The summed E-state index contributed by atoms with van der Waals surface area (Å²) in [6.07, 6.45) is 58.5. The maximum Gasteiger partial charge on any atom is 0.306 e. The number of hydrogen-bond acceptors (Lipinski definition) is 6. The van der Waals surface area contributed by atoms with Crippen LogP contribution in [0.3, 0.4) is 0 Å². The molecule has 0 aromatic rings. The molecule has 0 saturated carbocycles. The molecule has 0 heterocycles. The van der Waals surface area contributed by atoms with Gasteiger partial charge >= 0.3 is 17.9 Å². The van der Waals surface area contributed by atoms with E-state index in [1.165, 1.54) is 135 Å². The summed E-state index contributed by atoms with van der Waals surface area (Å²) in [4.78, 5) is 37.7. The number of esters is 3. The van der Waals surface area contributed by atoms with Crippen molar-refractivity contribution in [2.45, 2.75) is 264 Å². The van der Waals surface area contributed by atoms with Crippen LogP contribution in [0.1, 0.15) is 258 Å². The molecule has 0 N–H and O–H groups in total. The van der Waals surface area contributed by atoms with Gasteiger partial charge in [-0.05, 0) is 77.0 Å². The molecule has 0 aliphatic rings. The number of carbonyl (C=O) groups is 3. The Kier molecular flexibility index (Phi) is 46.9. The fraction of sp³-hybridized carbons (Fsp3) is 0.796. The lowest BCUT2D eigenvalue weighted by molar-refractivity contribution is -0.167. The molecule has 6 heteroatoms. The molecule has 0 saturated heterocycles. The highest BCUT2D eigenvalue weighted by molar-refractivity contribution is 5.71. The molecule has 0 aliphatic carbocycles. The Morgan fingerprint density at radius 2 is 0.650 bits per heavy atom. The largest absolute Gasteiger partial charge is 0.462 e. The zero-order valence-corrected chi connectivity index (χ0v) is 39.7. The Balaban J connectivity index is 4.14. The third-order valence-electron chi connectivity index (χ3n) is 11.1. The first-order chi connectivity index (χ1) is 29.5. The van der Waals surface area contributed by atoms with E-state index >= 15 is 0 Å². The molecule has 0 radical (unpaired) electrons. The third-order valence-corrected chi connectivity index (χ3v) is 11.1. The molecule has 0 aromatic heterocycles. The molecular weight excluding hydrogens is 745 g/mol. The van der Waals surface area contributed by atoms with E-state index in [9.17, 15) is 14.4 Å². The van der Waals surface area contributed by atoms with E-state index in [0.717, 1.165) is 83.5 Å². The van der Waals surface area contributed by atoms with Gasteiger partial charge in [-0.3, -0.25) is 14.4 Å². The number of carbonyl (C=O) groups excluding carboxylic acids is 3. The van der Waals surface area contributed by atoms with Crippen LogP contribution >= 0.6 is 0 Å². The highest BCUT2D eigenvalue weighted by Crippen LogP contribution is 2.15. The average Bonchev–Trinajstić information content (AvgIpc) is 3.24. The number of hydrogen-bond donors (Lipinski definition) is 0. The van der Waals surface area contributed by atoms with Gasteiger partial charge in [0.2, 0.25) is 0 Å². The summed E-state index contributed by atoms with van der Waals surface area (Å²) in [7, 11) is 0. The molecule has 0 amide bonds. The van der Waals surface area contributed by atoms with Crippen LogP contribution in [0.15, 0.2) is 48.6 Å². The molecule has 0 aliphatic heterocycles. The second-order valence-corrected chi connectivity index (χ2v) is 17.1. The average molecular weight is 841 g/mol. The minimum Gasteiger partial charge on any atom is -0.462 e. The van der Waals surface area contributed by atoms with E-state index in [1.807, 2.05) is 0 Å². The summed E-state index contributed by atoms with van der Waals surface area (Å²) in [5, 5.41) is 0. The predicted octanol–water partition coefficient (Wildman–Crippen LogP) is 16.7. The maximum absolute atomic E-state index is 12.7. The summed E-state index contributed by atoms with van der Waals surface area (Å²) < 4.78 is 16.7. The SMILES string of the molecule is CC/C=C\C/C=C\C/C=C\CCCCCC(=O)OC(COC(=O)CCCCCCCC)COC(=O)CCCCCCCCCCCCC/C=C\CCCCCCCCCC. The highest BCUT2D eigenvalue weighted by Gasteiger charge is 2.19. The van der Waals surface area contributed by atoms with Crippen molar-refractivity contribution < 1.29 is 28.6 Å². The first-order valence-corrected chi connectivity index (χ1v) is 25.6. The maximum atomic E-state index is 12.7. The molecule has 348 valence electrons. The lowest BCUT2D eigenvalue weighted by Gasteiger charge is -2.18. The highest BCUT2D eigenvalue weighted by atomic mass is 16.6. The van der Waals surface area contributed by atoms with Crippen molar-refractivity contribution in [2.75, 3.05) is 13.2 Å². The van der Waals surface area contributed by atoms with Crippen molar-refractivity contribution in [1.82, 2.24) is 0 Å². The molecule has 0 rings (SSSR count). The van der Waals surface area contributed by atoms with Gasteiger partial charge in [0.15, 0.2) is 6.10 Å². The molecule has 0 bridgehead atoms. The van der Waals surface area contributed by atoms with Gasteiger partial charge in [-0.15, -0.1) is 0 Å². The fourth-order valence-electron chi connectivity index (χ4n) is 7.22. The van der Waals surface area contributed by atoms with Crippen LogP contribution in [0.25, 0.3) is 0 Å². The lowest BCUT2D eigenvalue weighted by Crippen LogP contribution is -2.30. The Labute approximate surface area is 371 Å². The van der Waals surface area contributed by atoms with Gasteiger partial charge in [0.25, 0.3) is 0 Å². The van der Waals surface area contributed by atoms with Crippen LogP contribution in [0, 0.1) is 0 Å². The van der Waals surface area contributed by atoms with E-state index < -0.39 is 6.10 Å².